The van der Waals surface area contributed by atoms with Crippen molar-refractivity contribution in [2.75, 3.05) is 13.7 Å². The van der Waals surface area contributed by atoms with E-state index in [-0.39, 0.29) is 18.9 Å². The van der Waals surface area contributed by atoms with Crippen LogP contribution in [-0.4, -0.2) is 46.3 Å². The van der Waals surface area contributed by atoms with E-state index in [2.05, 4.69) is 10.3 Å². The van der Waals surface area contributed by atoms with Crippen LogP contribution in [0, 0.1) is 0 Å². The molecular weight excluding hydrogens is 203 g/mol. The highest BCUT2D eigenvalue weighted by Crippen LogP contribution is 2.16. The second kappa shape index (κ2) is 8.24. The smallest absolute Gasteiger partial charge is 0.167 e. The van der Waals surface area contributed by atoms with Crippen LogP contribution in [-0.2, 0) is 9.53 Å². The van der Waals surface area contributed by atoms with Crippen LogP contribution in [0.25, 0.3) is 0 Å². The average molecular weight is 222 g/mol. The zero-order valence-electron chi connectivity index (χ0n) is 10.4. The molecule has 1 rings (SSSR count). The van der Waals surface area contributed by atoms with Gasteiger partial charge in [-0.05, 0) is 14.0 Å². The molecule has 1 aliphatic rings. The fourth-order valence-corrected chi connectivity index (χ4v) is 1.37. The molecule has 1 heterocycles. The van der Waals surface area contributed by atoms with Crippen LogP contribution in [0.2, 0.25) is 0 Å². The van der Waals surface area contributed by atoms with Gasteiger partial charge in [0, 0.05) is 6.21 Å². The number of nitrogens with one attached hydrogen (secondary N) is 1. The monoisotopic (exact) mass is 222 g/mol. The van der Waals surface area contributed by atoms with Crippen molar-refractivity contribution in [3.05, 3.63) is 11.0 Å². The minimum atomic E-state index is -0.363. The summed E-state index contributed by atoms with van der Waals surface area (Å²) in [5.74, 6) is 0. The van der Waals surface area contributed by atoms with Gasteiger partial charge < -0.3 is 14.8 Å². The molecule has 0 saturated heterocycles. The van der Waals surface area contributed by atoms with Crippen molar-refractivity contribution in [2.24, 2.45) is 4.99 Å². The van der Waals surface area contributed by atoms with Gasteiger partial charge in [0.25, 0.3) is 0 Å². The molecule has 0 fully saturated rings. The molecule has 16 heavy (non-hydrogen) atoms. The van der Waals surface area contributed by atoms with E-state index in [0.29, 0.717) is 11.8 Å². The van der Waals surface area contributed by atoms with E-state index in [1.54, 1.807) is 13.3 Å². The third-order valence-corrected chi connectivity index (χ3v) is 2.21. The molecule has 2 atom stereocenters. The fraction of sp³-hybridized carbons (Fsp3) is 0.636. The molecule has 1 aliphatic heterocycles. The number of dihydropyridines is 1. The topological polar surface area (TPSA) is 50.7 Å². The van der Waals surface area contributed by atoms with Crippen molar-refractivity contribution in [2.45, 2.75) is 33.0 Å². The molecule has 0 spiro atoms. The first kappa shape index (κ1) is 15.1. The molecule has 88 valence electrons. The highest BCUT2D eigenvalue weighted by atomic mass is 16.5. The highest BCUT2D eigenvalue weighted by Gasteiger charge is 2.24. The lowest BCUT2D eigenvalue weighted by Crippen LogP contribution is -2.42. The maximum atomic E-state index is 10.2. The van der Waals surface area contributed by atoms with E-state index in [0.717, 1.165) is 5.57 Å². The van der Waals surface area contributed by atoms with Gasteiger partial charge in [-0.2, -0.15) is 0 Å². The maximum Gasteiger partial charge on any atom is 0.167 e. The summed E-state index contributed by atoms with van der Waals surface area (Å²) in [4.78, 5) is 14.3. The number of rotatable bonds is 4. The van der Waals surface area contributed by atoms with Crippen molar-refractivity contribution in [3.63, 3.8) is 0 Å². The third-order valence-electron chi connectivity index (χ3n) is 2.21. The summed E-state index contributed by atoms with van der Waals surface area (Å²) < 4.78 is 5.24. The minimum Gasteiger partial charge on any atom is -0.347 e. The third kappa shape index (κ3) is 3.91. The summed E-state index contributed by atoms with van der Waals surface area (Å²) in [5.41, 5.74) is 1.63. The predicted octanol–water partition coefficient (Wildman–Crippen LogP) is 0.669. The van der Waals surface area contributed by atoms with E-state index >= 15 is 0 Å². The lowest BCUT2D eigenvalue weighted by Gasteiger charge is -2.28. The highest BCUT2D eigenvalue weighted by molar-refractivity contribution is 6.33. The van der Waals surface area contributed by atoms with Gasteiger partial charge in [0.2, 0.25) is 0 Å². The Morgan fingerprint density at radius 2 is 2.25 bits per heavy atom. The van der Waals surface area contributed by atoms with Crippen molar-refractivity contribution in [1.29, 1.82) is 0 Å². The Morgan fingerprint density at radius 1 is 1.62 bits per heavy atom. The second-order valence-corrected chi connectivity index (χ2v) is 3.07. The van der Waals surface area contributed by atoms with Gasteiger partial charge in [0.1, 0.15) is 20.7 Å². The second-order valence-electron chi connectivity index (χ2n) is 3.07. The van der Waals surface area contributed by atoms with Gasteiger partial charge in [0.05, 0.1) is 6.04 Å². The van der Waals surface area contributed by atoms with Gasteiger partial charge in [-0.3, -0.25) is 4.99 Å². The molecule has 2 unspecified atom stereocenters. The van der Waals surface area contributed by atoms with Gasteiger partial charge in [-0.25, -0.2) is 0 Å². The minimum absolute atomic E-state index is 0.0490. The summed E-state index contributed by atoms with van der Waals surface area (Å²) in [5, 5.41) is 3.05. The first-order valence-corrected chi connectivity index (χ1v) is 5.42. The lowest BCUT2D eigenvalue weighted by molar-refractivity contribution is -0.113. The summed E-state index contributed by atoms with van der Waals surface area (Å²) in [6.07, 6.45) is 1.91. The van der Waals surface area contributed by atoms with Gasteiger partial charge >= 0.3 is 0 Å². The van der Waals surface area contributed by atoms with Crippen LogP contribution in [0.15, 0.2) is 16.0 Å². The Morgan fingerprint density at radius 3 is 2.75 bits per heavy atom. The van der Waals surface area contributed by atoms with E-state index in [1.807, 2.05) is 20.8 Å². The quantitative estimate of drug-likeness (QED) is 0.561. The number of likely N-dealkylation sites (N-methyl/N-ethyl adjacent to an activating group) is 1. The lowest BCUT2D eigenvalue weighted by atomic mass is 9.86. The Kier molecular flexibility index (Phi) is 7.76. The Hall–Kier alpha value is -0.935. The van der Waals surface area contributed by atoms with E-state index in [9.17, 15) is 4.79 Å². The van der Waals surface area contributed by atoms with Crippen molar-refractivity contribution in [3.8, 4) is 0 Å². The van der Waals surface area contributed by atoms with E-state index in [4.69, 9.17) is 12.6 Å². The van der Waals surface area contributed by atoms with Crippen LogP contribution in [0.1, 0.15) is 20.8 Å². The van der Waals surface area contributed by atoms with Crippen LogP contribution in [0.4, 0.5) is 0 Å². The molecule has 5 heteroatoms. The molecule has 1 N–H and O–H groups in total. The molecule has 0 saturated carbocycles. The molecule has 0 aromatic heterocycles. The zero-order valence-corrected chi connectivity index (χ0v) is 10.4. The number of carbonyl (C=O) groups excluding carboxylic acids is 1. The SMILES string of the molecule is CC.[B]C1=C(C)C(NC)C(OCC=O)N=C1. The molecule has 0 bridgehead atoms. The van der Waals surface area contributed by atoms with E-state index in [1.165, 1.54) is 0 Å². The number of nitrogens with zero attached hydrogens (tertiary/aromatic N) is 1. The van der Waals surface area contributed by atoms with Crippen molar-refractivity contribution >= 4 is 20.3 Å². The molecule has 0 aromatic rings. The molecule has 0 amide bonds. The largest absolute Gasteiger partial charge is 0.347 e. The van der Waals surface area contributed by atoms with Crippen LogP contribution in [0.5, 0.6) is 0 Å². The van der Waals surface area contributed by atoms with Crippen molar-refractivity contribution < 1.29 is 9.53 Å². The number of allylic oxidation sites excluding steroid dienone is 1. The first-order valence-electron chi connectivity index (χ1n) is 5.42. The van der Waals surface area contributed by atoms with Gasteiger partial charge in [0.15, 0.2) is 6.23 Å². The number of aliphatic imine (C=N–C) groups is 1. The Bertz CT molecular complexity index is 277. The zero-order chi connectivity index (χ0) is 12.6. The first-order chi connectivity index (χ1) is 7.70. The van der Waals surface area contributed by atoms with Crippen LogP contribution < -0.4 is 5.32 Å². The number of carbonyl (C=O) groups is 1. The van der Waals surface area contributed by atoms with Crippen LogP contribution >= 0.6 is 0 Å². The standard InChI is InChI=1S/C9H13BN2O2.C2H6/c1-6-7(10)5-12-9(8(6)11-2)14-4-3-13;1-2/h3,5,8-9,11H,4H2,1-2H3;1-2H3. The number of hydrogen-bond acceptors (Lipinski definition) is 4. The summed E-state index contributed by atoms with van der Waals surface area (Å²) in [6.45, 7) is 5.96. The fourth-order valence-electron chi connectivity index (χ4n) is 1.37. The van der Waals surface area contributed by atoms with Crippen molar-refractivity contribution in [1.82, 2.24) is 5.32 Å². The Balaban J connectivity index is 0.00000106. The molecule has 0 aliphatic carbocycles. The van der Waals surface area contributed by atoms with Gasteiger partial charge in [-0.1, -0.05) is 24.9 Å². The molecule has 0 aromatic carbocycles. The number of ether oxygens (including phenoxy) is 1. The number of aldehydes is 1. The van der Waals surface area contributed by atoms with Gasteiger partial charge in [-0.15, -0.1) is 0 Å². The van der Waals surface area contributed by atoms with Crippen LogP contribution in [0.3, 0.4) is 0 Å². The predicted molar refractivity (Wildman–Crippen MR) is 66.9 cm³/mol. The van der Waals surface area contributed by atoms with E-state index < -0.39 is 0 Å². The summed E-state index contributed by atoms with van der Waals surface area (Å²) >= 11 is 0. The molecule has 2 radical (unpaired) electrons. The summed E-state index contributed by atoms with van der Waals surface area (Å²) in [6, 6.07) is -0.0556. The normalized spacial score (nSPS) is 23.8. The average Bonchev–Trinajstić information content (AvgIpc) is 2.33. The summed E-state index contributed by atoms with van der Waals surface area (Å²) in [7, 11) is 7.51. The molecular formula is C11H19BN2O2. The number of hydrogen-bond donors (Lipinski definition) is 1. The molecule has 4 nitrogen and oxygen atoms in total. The Labute approximate surface area is 98.6 Å². The maximum absolute atomic E-state index is 10.2.